The summed E-state index contributed by atoms with van der Waals surface area (Å²) < 4.78 is 0. The number of benzene rings is 2. The fourth-order valence-corrected chi connectivity index (χ4v) is 7.09. The second-order valence-corrected chi connectivity index (χ2v) is 11.7. The maximum absolute atomic E-state index is 14.1. The van der Waals surface area contributed by atoms with Crippen LogP contribution >= 0.6 is 0 Å². The minimum atomic E-state index is -2.82. The number of hydrogen-bond donors (Lipinski definition) is 4. The molecule has 12 nitrogen and oxygen atoms in total. The van der Waals surface area contributed by atoms with Crippen LogP contribution in [-0.2, 0) is 25.6 Å². The van der Waals surface area contributed by atoms with E-state index in [9.17, 15) is 44.1 Å². The Hall–Kier alpha value is -4.42. The number of Topliss-reactive ketones (excluding diaryl/α,β-unsaturated/α-hetero) is 4. The van der Waals surface area contributed by atoms with Crippen molar-refractivity contribution in [2.24, 2.45) is 29.4 Å². The van der Waals surface area contributed by atoms with Crippen LogP contribution in [0, 0.1) is 23.7 Å². The third-order valence-corrected chi connectivity index (χ3v) is 8.94. The smallest absolute Gasteiger partial charge is 0.335 e. The highest BCUT2D eigenvalue weighted by Crippen LogP contribution is 2.53. The van der Waals surface area contributed by atoms with Crippen molar-refractivity contribution in [1.29, 1.82) is 0 Å². The van der Waals surface area contributed by atoms with Crippen LogP contribution in [0.15, 0.2) is 30.3 Å². The molecule has 2 aromatic carbocycles. The lowest BCUT2D eigenvalue weighted by atomic mass is 9.52. The normalized spacial score (nSPS) is 28.7. The molecule has 3 aliphatic carbocycles. The van der Waals surface area contributed by atoms with Gasteiger partial charge in [0.2, 0.25) is 5.91 Å². The van der Waals surface area contributed by atoms with E-state index in [0.29, 0.717) is 16.8 Å². The Labute approximate surface area is 240 Å². The summed E-state index contributed by atoms with van der Waals surface area (Å²) in [5, 5.41) is 32.7. The zero-order chi connectivity index (χ0) is 31.0. The first-order valence-electron chi connectivity index (χ1n) is 13.4. The number of carboxylic acid groups (broad SMARTS) is 1. The molecule has 0 bridgehead atoms. The van der Waals surface area contributed by atoms with Crippen molar-refractivity contribution in [3.05, 3.63) is 47.0 Å². The number of nitrogens with two attached hydrogens (primary N) is 1. The van der Waals surface area contributed by atoms with E-state index in [2.05, 4.69) is 0 Å². The van der Waals surface area contributed by atoms with E-state index in [-0.39, 0.29) is 29.5 Å². The van der Waals surface area contributed by atoms with E-state index >= 15 is 0 Å². The molecule has 0 saturated heterocycles. The van der Waals surface area contributed by atoms with Crippen LogP contribution in [0.3, 0.4) is 0 Å². The first-order chi connectivity index (χ1) is 19.6. The Kier molecular flexibility index (Phi) is 6.82. The molecule has 12 heteroatoms. The molecule has 5 N–H and O–H groups in total. The minimum Gasteiger partial charge on any atom is -0.507 e. The number of carbonyl (C=O) groups is 6. The van der Waals surface area contributed by atoms with Gasteiger partial charge in [-0.25, -0.2) is 4.79 Å². The molecule has 2 fully saturated rings. The van der Waals surface area contributed by atoms with Gasteiger partial charge in [0.05, 0.1) is 23.1 Å². The highest BCUT2D eigenvalue weighted by molar-refractivity contribution is 6.32. The number of likely N-dealkylation sites (N-methyl/N-ethyl adjacent to an activating group) is 1. The number of amides is 1. The standard InChI is InChI=1S/C30H31N3O9/c1-32(2)18-11-15(12-6-5-7-13(8-12)29(40)41)23(34)20-16(18)9-14-10-17-22(33(3)4)25(36)21(28(31)39)27(38)30(17,42)26(37)19(14)24(20)35/h5-8,11,14,17,19,21-22,34,42H,9-10H2,1-4H3,(H2,31,39)(H,40,41)/t14-,17-,19?,21?,22-,30-/m0/s1. The van der Waals surface area contributed by atoms with E-state index in [4.69, 9.17) is 5.73 Å². The number of rotatable bonds is 5. The molecular weight excluding hydrogens is 546 g/mol. The van der Waals surface area contributed by atoms with E-state index in [1.807, 2.05) is 0 Å². The van der Waals surface area contributed by atoms with Crippen LogP contribution in [-0.4, -0.2) is 95.1 Å². The topological polar surface area (TPSA) is 196 Å². The average Bonchev–Trinajstić information content (AvgIpc) is 2.90. The minimum absolute atomic E-state index is 0.0389. The molecule has 2 aromatic rings. The van der Waals surface area contributed by atoms with Crippen LogP contribution in [0.4, 0.5) is 5.69 Å². The van der Waals surface area contributed by atoms with Crippen LogP contribution in [0.25, 0.3) is 11.1 Å². The Morgan fingerprint density at radius 2 is 1.69 bits per heavy atom. The summed E-state index contributed by atoms with van der Waals surface area (Å²) in [4.78, 5) is 81.8. The van der Waals surface area contributed by atoms with Crippen molar-refractivity contribution in [3.63, 3.8) is 0 Å². The van der Waals surface area contributed by atoms with Gasteiger partial charge in [-0.3, -0.25) is 28.9 Å². The maximum Gasteiger partial charge on any atom is 0.335 e. The fraction of sp³-hybridized carbons (Fsp3) is 0.400. The third kappa shape index (κ3) is 3.97. The van der Waals surface area contributed by atoms with Gasteiger partial charge < -0.3 is 26.0 Å². The average molecular weight is 578 g/mol. The van der Waals surface area contributed by atoms with E-state index in [0.717, 1.165) is 0 Å². The Morgan fingerprint density at radius 3 is 2.26 bits per heavy atom. The van der Waals surface area contributed by atoms with Gasteiger partial charge in [0, 0.05) is 31.3 Å². The molecule has 1 amide bonds. The van der Waals surface area contributed by atoms with Crippen LogP contribution in [0.5, 0.6) is 5.75 Å². The number of primary amides is 1. The molecule has 3 aliphatic rings. The molecule has 0 radical (unpaired) electrons. The first-order valence-corrected chi connectivity index (χ1v) is 13.4. The highest BCUT2D eigenvalue weighted by atomic mass is 16.4. The highest BCUT2D eigenvalue weighted by Gasteiger charge is 2.69. The van der Waals surface area contributed by atoms with Gasteiger partial charge in [0.1, 0.15) is 5.75 Å². The molecular formula is C30H31N3O9. The number of ketones is 4. The lowest BCUT2D eigenvalue weighted by molar-refractivity contribution is -0.181. The number of aromatic carboxylic acids is 1. The maximum atomic E-state index is 14.1. The molecule has 42 heavy (non-hydrogen) atoms. The fourth-order valence-electron chi connectivity index (χ4n) is 7.09. The summed E-state index contributed by atoms with van der Waals surface area (Å²) >= 11 is 0. The number of phenols is 1. The predicted molar refractivity (Wildman–Crippen MR) is 148 cm³/mol. The van der Waals surface area contributed by atoms with Crippen LogP contribution < -0.4 is 10.6 Å². The summed E-state index contributed by atoms with van der Waals surface area (Å²) in [6, 6.07) is 6.26. The summed E-state index contributed by atoms with van der Waals surface area (Å²) in [6.07, 6.45) is 0.0578. The number of hydrogen-bond acceptors (Lipinski definition) is 10. The van der Waals surface area contributed by atoms with E-state index in [1.54, 1.807) is 31.1 Å². The number of anilines is 1. The number of aliphatic hydroxyl groups is 1. The SMILES string of the molecule is CN(C)c1cc(-c2cccc(C(=O)O)c2)c(O)c2c1C[C@H]1C[C@H]3[C@H](N(C)C)C(=O)C(C(N)=O)C(=O)[C@@]3(O)C(=O)C1C2=O. The van der Waals surface area contributed by atoms with Gasteiger partial charge in [-0.1, -0.05) is 12.1 Å². The van der Waals surface area contributed by atoms with Crippen molar-refractivity contribution in [1.82, 2.24) is 4.90 Å². The van der Waals surface area contributed by atoms with Gasteiger partial charge in [-0.2, -0.15) is 0 Å². The molecule has 220 valence electrons. The van der Waals surface area contributed by atoms with Crippen molar-refractivity contribution >= 4 is 40.7 Å². The lowest BCUT2D eigenvalue weighted by Gasteiger charge is -2.52. The van der Waals surface area contributed by atoms with E-state index < -0.39 is 76.1 Å². The monoisotopic (exact) mass is 577 g/mol. The third-order valence-electron chi connectivity index (χ3n) is 8.94. The van der Waals surface area contributed by atoms with Crippen LogP contribution in [0.1, 0.15) is 32.7 Å². The number of fused-ring (bicyclic) bond motifs is 3. The number of phenolic OH excluding ortho intramolecular Hbond substituents is 1. The summed E-state index contributed by atoms with van der Waals surface area (Å²) in [6.45, 7) is 0. The largest absolute Gasteiger partial charge is 0.507 e. The number of carboxylic acids is 1. The molecule has 0 heterocycles. The van der Waals surface area contributed by atoms with Gasteiger partial charge in [0.15, 0.2) is 34.7 Å². The zero-order valence-corrected chi connectivity index (χ0v) is 23.5. The quantitative estimate of drug-likeness (QED) is 0.357. The number of nitrogens with zero attached hydrogens (tertiary/aromatic N) is 2. The Morgan fingerprint density at radius 1 is 1.02 bits per heavy atom. The second kappa shape index (κ2) is 9.85. The predicted octanol–water partition coefficient (Wildman–Crippen LogP) is 0.298. The van der Waals surface area contributed by atoms with Gasteiger partial charge in [0.25, 0.3) is 0 Å². The number of carbonyl (C=O) groups excluding carboxylic acids is 5. The molecule has 2 unspecified atom stereocenters. The van der Waals surface area contributed by atoms with Gasteiger partial charge >= 0.3 is 5.97 Å². The van der Waals surface area contributed by atoms with Crippen molar-refractivity contribution < 1.29 is 44.1 Å². The van der Waals surface area contributed by atoms with E-state index in [1.165, 1.54) is 37.2 Å². The lowest BCUT2D eigenvalue weighted by Crippen LogP contribution is -2.74. The molecule has 5 rings (SSSR count). The first kappa shape index (κ1) is 29.1. The van der Waals surface area contributed by atoms with Crippen molar-refractivity contribution in [2.45, 2.75) is 24.5 Å². The summed E-state index contributed by atoms with van der Waals surface area (Å²) in [5.41, 5.74) is 3.82. The summed E-state index contributed by atoms with van der Waals surface area (Å²) in [5.74, 6) is -12.5. The summed E-state index contributed by atoms with van der Waals surface area (Å²) in [7, 11) is 6.52. The zero-order valence-electron chi connectivity index (χ0n) is 23.5. The Balaban J connectivity index is 1.69. The van der Waals surface area contributed by atoms with Gasteiger partial charge in [-0.15, -0.1) is 0 Å². The Bertz CT molecular complexity index is 1600. The molecule has 6 atom stereocenters. The second-order valence-electron chi connectivity index (χ2n) is 11.7. The molecule has 0 aliphatic heterocycles. The van der Waals surface area contributed by atoms with Crippen molar-refractivity contribution in [3.8, 4) is 16.9 Å². The molecule has 2 saturated carbocycles. The van der Waals surface area contributed by atoms with Gasteiger partial charge in [-0.05, 0) is 62.2 Å². The molecule has 0 spiro atoms. The molecule has 0 aromatic heterocycles. The number of aromatic hydroxyl groups is 1. The van der Waals surface area contributed by atoms with Crippen LogP contribution in [0.2, 0.25) is 0 Å². The van der Waals surface area contributed by atoms with Crippen molar-refractivity contribution in [2.75, 3.05) is 33.1 Å².